The van der Waals surface area contributed by atoms with Gasteiger partial charge in [0.15, 0.2) is 0 Å². The molecule has 0 aromatic carbocycles. The van der Waals surface area contributed by atoms with Gasteiger partial charge in [0.25, 0.3) is 0 Å². The van der Waals surface area contributed by atoms with Crippen molar-refractivity contribution >= 4 is 9.52 Å². The van der Waals surface area contributed by atoms with Crippen molar-refractivity contribution in [3.8, 4) is 0 Å². The van der Waals surface area contributed by atoms with Crippen LogP contribution in [-0.2, 0) is 26.2 Å². The van der Waals surface area contributed by atoms with E-state index in [4.69, 9.17) is 0 Å². The fourth-order valence-electron chi connectivity index (χ4n) is 1.93. The second-order valence-electron chi connectivity index (χ2n) is 5.45. The van der Waals surface area contributed by atoms with Crippen LogP contribution in [0.1, 0.15) is 41.5 Å². The van der Waals surface area contributed by atoms with Crippen LogP contribution in [0.15, 0.2) is 34.4 Å². The zero-order valence-corrected chi connectivity index (χ0v) is 20.1. The summed E-state index contributed by atoms with van der Waals surface area (Å²) in [5.41, 5.74) is 5.44. The summed E-state index contributed by atoms with van der Waals surface area (Å²) in [5.74, 6) is 1.13. The van der Waals surface area contributed by atoms with Crippen molar-refractivity contribution in [2.24, 2.45) is 11.8 Å². The molecule has 0 N–H and O–H groups in total. The molecule has 1 radical (unpaired) electrons. The van der Waals surface area contributed by atoms with E-state index in [9.17, 15) is 0 Å². The summed E-state index contributed by atoms with van der Waals surface area (Å²) >= 11 is 0. The van der Waals surface area contributed by atoms with Crippen LogP contribution in [0.3, 0.4) is 0 Å². The summed E-state index contributed by atoms with van der Waals surface area (Å²) in [7, 11) is 0.750. The standard InChI is InChI=1S/2C8H11.C2H7Si.CH3.ClH.Zr/c2*1-6-4-7(2)8(3)5-6;1-3-2;;;/h2*4,8H,1-3H3;3H,1-2H3;1H3;1H;/q2*-1;;-1;;+4/p-1. The molecule has 0 saturated heterocycles. The Morgan fingerprint density at radius 2 is 1.05 bits per heavy atom. The van der Waals surface area contributed by atoms with Crippen LogP contribution < -0.4 is 12.4 Å². The van der Waals surface area contributed by atoms with Gasteiger partial charge in [-0.05, 0) is 0 Å². The summed E-state index contributed by atoms with van der Waals surface area (Å²) < 4.78 is 0. The van der Waals surface area contributed by atoms with Crippen LogP contribution in [0, 0.1) is 31.4 Å². The molecule has 0 fully saturated rings. The van der Waals surface area contributed by atoms with Gasteiger partial charge in [-0.1, -0.05) is 66.5 Å². The number of hydrogen-bond acceptors (Lipinski definition) is 0. The fourth-order valence-corrected chi connectivity index (χ4v) is 1.93. The molecule has 0 saturated carbocycles. The first-order valence-electron chi connectivity index (χ1n) is 7.12. The second kappa shape index (κ2) is 16.2. The Morgan fingerprint density at radius 3 is 1.09 bits per heavy atom. The van der Waals surface area contributed by atoms with Crippen LogP contribution in [0.5, 0.6) is 0 Å². The Kier molecular flexibility index (Phi) is 22.3. The van der Waals surface area contributed by atoms with E-state index in [-0.39, 0.29) is 46.0 Å². The topological polar surface area (TPSA) is 0 Å². The van der Waals surface area contributed by atoms with Crippen molar-refractivity contribution in [3.63, 3.8) is 0 Å². The Hall–Kier alpha value is 0.350. The molecular weight excluding hydrogens is 383 g/mol. The molecule has 2 aliphatic carbocycles. The van der Waals surface area contributed by atoms with Crippen LogP contribution >= 0.6 is 0 Å². The van der Waals surface area contributed by atoms with E-state index in [0.717, 1.165) is 9.52 Å². The average Bonchev–Trinajstić information content (AvgIpc) is 2.72. The SMILES string of the molecule is CC1=[C-]C(C)C(C)=C1.CC1=[C-]C(C)C(C)=C1.C[SiH]C.[CH3-].[Cl-].[Zr+4]. The molecule has 0 aromatic heterocycles. The molecule has 2 aliphatic rings. The molecule has 0 heterocycles. The quantitative estimate of drug-likeness (QED) is 0.422. The fraction of sp³-hybridized carbons (Fsp3) is 0.526. The van der Waals surface area contributed by atoms with E-state index < -0.39 is 0 Å². The molecule has 0 aromatic rings. The van der Waals surface area contributed by atoms with Gasteiger partial charge >= 0.3 is 26.2 Å². The van der Waals surface area contributed by atoms with Gasteiger partial charge in [-0.3, -0.25) is 12.2 Å². The van der Waals surface area contributed by atoms with Gasteiger partial charge in [-0.15, -0.1) is 0 Å². The zero-order valence-electron chi connectivity index (χ0n) is 15.8. The Balaban J connectivity index is -0.000000112. The van der Waals surface area contributed by atoms with Gasteiger partial charge in [-0.2, -0.15) is 11.1 Å². The molecular formula is C19H32ClSiZr. The van der Waals surface area contributed by atoms with Crippen LogP contribution in [0.25, 0.3) is 0 Å². The first-order valence-corrected chi connectivity index (χ1v) is 9.43. The van der Waals surface area contributed by atoms with E-state index in [1.54, 1.807) is 0 Å². The zero-order chi connectivity index (χ0) is 15.0. The van der Waals surface area contributed by atoms with E-state index >= 15 is 0 Å². The van der Waals surface area contributed by atoms with Gasteiger partial charge in [0.2, 0.25) is 0 Å². The molecule has 123 valence electrons. The minimum Gasteiger partial charge on any atom is -1.00 e. The predicted molar refractivity (Wildman–Crippen MR) is 96.0 cm³/mol. The van der Waals surface area contributed by atoms with E-state index in [1.165, 1.54) is 22.3 Å². The smallest absolute Gasteiger partial charge is 1.00 e. The Morgan fingerprint density at radius 1 is 0.818 bits per heavy atom. The summed E-state index contributed by atoms with van der Waals surface area (Å²) in [6, 6.07) is 0. The van der Waals surface area contributed by atoms with Gasteiger partial charge in [-0.25, -0.2) is 23.3 Å². The molecule has 22 heavy (non-hydrogen) atoms. The Bertz CT molecular complexity index is 368. The maximum Gasteiger partial charge on any atom is 4.00 e. The van der Waals surface area contributed by atoms with Gasteiger partial charge in [0.1, 0.15) is 0 Å². The second-order valence-corrected chi connectivity index (χ2v) is 6.61. The van der Waals surface area contributed by atoms with E-state index in [1.807, 2.05) is 0 Å². The first-order chi connectivity index (χ1) is 8.81. The number of halogens is 1. The Labute approximate surface area is 168 Å². The molecule has 0 nitrogen and oxygen atoms in total. The number of rotatable bonds is 0. The van der Waals surface area contributed by atoms with Gasteiger partial charge < -0.3 is 19.8 Å². The van der Waals surface area contributed by atoms with Crippen LogP contribution in [0.2, 0.25) is 13.1 Å². The van der Waals surface area contributed by atoms with Crippen molar-refractivity contribution in [3.05, 3.63) is 54.0 Å². The van der Waals surface area contributed by atoms with Crippen molar-refractivity contribution in [2.45, 2.75) is 54.6 Å². The number of hydrogen-bond donors (Lipinski definition) is 0. The third kappa shape index (κ3) is 12.9. The van der Waals surface area contributed by atoms with Gasteiger partial charge in [0, 0.05) is 9.52 Å². The molecule has 3 heteroatoms. The molecule has 0 spiro atoms. The number of allylic oxidation sites excluding steroid dienone is 8. The monoisotopic (exact) mass is 413 g/mol. The van der Waals surface area contributed by atoms with Crippen molar-refractivity contribution < 1.29 is 38.6 Å². The largest absolute Gasteiger partial charge is 4.00 e. The maximum absolute atomic E-state index is 3.29. The molecule has 2 rings (SSSR count). The summed E-state index contributed by atoms with van der Waals surface area (Å²) in [6.45, 7) is 17.2. The third-order valence-corrected chi connectivity index (χ3v) is 3.14. The predicted octanol–water partition coefficient (Wildman–Crippen LogP) is 2.63. The minimum atomic E-state index is 0. The van der Waals surface area contributed by atoms with Crippen LogP contribution in [0.4, 0.5) is 0 Å². The van der Waals surface area contributed by atoms with Crippen molar-refractivity contribution in [1.29, 1.82) is 0 Å². The molecule has 2 atom stereocenters. The summed E-state index contributed by atoms with van der Waals surface area (Å²) in [5, 5.41) is 0. The normalized spacial score (nSPS) is 20.9. The molecule has 0 amide bonds. The average molecular weight is 415 g/mol. The molecule has 0 aliphatic heterocycles. The van der Waals surface area contributed by atoms with Crippen LogP contribution in [-0.4, -0.2) is 9.52 Å². The molecule has 0 bridgehead atoms. The summed E-state index contributed by atoms with van der Waals surface area (Å²) in [6.07, 6.45) is 11.0. The minimum absolute atomic E-state index is 0. The van der Waals surface area contributed by atoms with E-state index in [0.29, 0.717) is 11.8 Å². The third-order valence-electron chi connectivity index (χ3n) is 3.14. The van der Waals surface area contributed by atoms with Crippen molar-refractivity contribution in [2.75, 3.05) is 0 Å². The maximum atomic E-state index is 3.29. The van der Waals surface area contributed by atoms with Crippen molar-refractivity contribution in [1.82, 2.24) is 0 Å². The van der Waals surface area contributed by atoms with Gasteiger partial charge in [0.05, 0.1) is 0 Å². The first kappa shape index (κ1) is 30.3. The van der Waals surface area contributed by atoms with E-state index in [2.05, 4.69) is 78.9 Å². The molecule has 2 unspecified atom stereocenters. The summed E-state index contributed by atoms with van der Waals surface area (Å²) in [4.78, 5) is 0.